The first-order valence-electron chi connectivity index (χ1n) is 12.9. The normalized spacial score (nSPS) is 32.8. The van der Waals surface area contributed by atoms with Gasteiger partial charge in [-0.05, 0) is 68.8 Å². The Morgan fingerprint density at radius 1 is 1.00 bits per heavy atom. The molecule has 1 saturated heterocycles. The highest BCUT2D eigenvalue weighted by molar-refractivity contribution is 5.90. The molecule has 0 spiro atoms. The summed E-state index contributed by atoms with van der Waals surface area (Å²) >= 11 is 0. The van der Waals surface area contributed by atoms with Gasteiger partial charge in [-0.3, -0.25) is 14.5 Å². The van der Waals surface area contributed by atoms with Gasteiger partial charge in [0.25, 0.3) is 0 Å². The van der Waals surface area contributed by atoms with Crippen LogP contribution in [0.25, 0.3) is 0 Å². The van der Waals surface area contributed by atoms with Crippen molar-refractivity contribution < 1.29 is 14.3 Å². The molecule has 1 heterocycles. The first kappa shape index (κ1) is 22.9. The van der Waals surface area contributed by atoms with Crippen molar-refractivity contribution in [2.45, 2.75) is 64.0 Å². The van der Waals surface area contributed by atoms with Gasteiger partial charge >= 0.3 is 0 Å². The second-order valence-electron chi connectivity index (χ2n) is 11.2. The molecule has 4 bridgehead atoms. The summed E-state index contributed by atoms with van der Waals surface area (Å²) in [6.45, 7) is 6.15. The molecule has 1 aromatic rings. The van der Waals surface area contributed by atoms with Crippen LogP contribution in [0.2, 0.25) is 0 Å². The second-order valence-corrected chi connectivity index (χ2v) is 11.2. The summed E-state index contributed by atoms with van der Waals surface area (Å²) in [5.41, 5.74) is 0.827. The molecule has 0 radical (unpaired) electrons. The van der Waals surface area contributed by atoms with E-state index in [0.29, 0.717) is 24.2 Å². The Kier molecular flexibility index (Phi) is 6.75. The van der Waals surface area contributed by atoms with E-state index < -0.39 is 6.04 Å². The van der Waals surface area contributed by atoms with E-state index in [2.05, 4.69) is 15.5 Å². The average molecular weight is 454 g/mol. The van der Waals surface area contributed by atoms with Crippen molar-refractivity contribution in [2.75, 3.05) is 32.8 Å². The van der Waals surface area contributed by atoms with Crippen LogP contribution in [0.5, 0.6) is 0 Å². The molecule has 2 amide bonds. The molecule has 6 heteroatoms. The largest absolute Gasteiger partial charge is 0.379 e. The van der Waals surface area contributed by atoms with Gasteiger partial charge in [0.2, 0.25) is 11.8 Å². The molecule has 1 aliphatic heterocycles. The zero-order valence-electron chi connectivity index (χ0n) is 19.9. The van der Waals surface area contributed by atoms with E-state index in [1.807, 2.05) is 37.3 Å². The minimum absolute atomic E-state index is 0.0188. The number of carbonyl (C=O) groups is 2. The Hall–Kier alpha value is -1.92. The Labute approximate surface area is 197 Å². The highest BCUT2D eigenvalue weighted by atomic mass is 16.5. The minimum atomic E-state index is -0.542. The van der Waals surface area contributed by atoms with Crippen LogP contribution in [-0.4, -0.2) is 61.6 Å². The average Bonchev–Trinajstić information content (AvgIpc) is 2.79. The van der Waals surface area contributed by atoms with Crippen molar-refractivity contribution in [3.63, 3.8) is 0 Å². The number of carbonyl (C=O) groups excluding carboxylic acids is 2. The molecule has 0 unspecified atom stereocenters. The van der Waals surface area contributed by atoms with Gasteiger partial charge in [0.05, 0.1) is 13.2 Å². The summed E-state index contributed by atoms with van der Waals surface area (Å²) in [4.78, 5) is 29.4. The zero-order chi connectivity index (χ0) is 22.8. The van der Waals surface area contributed by atoms with Crippen LogP contribution in [0.15, 0.2) is 30.3 Å². The van der Waals surface area contributed by atoms with E-state index in [1.165, 1.54) is 19.3 Å². The summed E-state index contributed by atoms with van der Waals surface area (Å²) < 4.78 is 5.43. The van der Waals surface area contributed by atoms with E-state index in [1.54, 1.807) is 0 Å². The van der Waals surface area contributed by atoms with Gasteiger partial charge in [0.15, 0.2) is 0 Å². The van der Waals surface area contributed by atoms with Crippen molar-refractivity contribution in [1.82, 2.24) is 15.5 Å². The molecule has 1 aromatic carbocycles. The third-order valence-corrected chi connectivity index (χ3v) is 8.45. The van der Waals surface area contributed by atoms with Gasteiger partial charge in [0.1, 0.15) is 6.04 Å². The molecule has 33 heavy (non-hydrogen) atoms. The third-order valence-electron chi connectivity index (χ3n) is 8.45. The van der Waals surface area contributed by atoms with Crippen LogP contribution >= 0.6 is 0 Å². The van der Waals surface area contributed by atoms with E-state index in [9.17, 15) is 9.59 Å². The standard InChI is InChI=1S/C27H39N3O3/c1-19(18-30-7-9-33-10-8-30)28-25(31)24(14-20-5-3-2-4-6-20)29-26(32)27-15-21-11-22(16-27)13-23(12-21)17-27/h2-6,19,21-24H,7-18H2,1H3,(H,28,31)(H,29,32)/t19-,21?,22?,23?,24+,27?/m0/s1. The number of nitrogens with one attached hydrogen (secondary N) is 2. The number of benzene rings is 1. The Morgan fingerprint density at radius 2 is 1.61 bits per heavy atom. The van der Waals surface area contributed by atoms with Gasteiger partial charge < -0.3 is 15.4 Å². The highest BCUT2D eigenvalue weighted by Gasteiger charge is 2.55. The van der Waals surface area contributed by atoms with Gasteiger partial charge in [-0.15, -0.1) is 0 Å². The second kappa shape index (κ2) is 9.75. The van der Waals surface area contributed by atoms with Crippen LogP contribution in [0.1, 0.15) is 51.0 Å². The molecule has 6 nitrogen and oxygen atoms in total. The van der Waals surface area contributed by atoms with Crippen LogP contribution in [0, 0.1) is 23.2 Å². The molecule has 2 N–H and O–H groups in total. The quantitative estimate of drug-likeness (QED) is 0.635. The lowest BCUT2D eigenvalue weighted by Gasteiger charge is -2.55. The maximum atomic E-state index is 13.7. The molecular formula is C27H39N3O3. The topological polar surface area (TPSA) is 70.7 Å². The highest BCUT2D eigenvalue weighted by Crippen LogP contribution is 2.60. The summed E-state index contributed by atoms with van der Waals surface area (Å²) in [6.07, 6.45) is 7.47. The number of hydrogen-bond acceptors (Lipinski definition) is 4. The SMILES string of the molecule is C[C@@H](CN1CCOCC1)NC(=O)[C@@H](Cc1ccccc1)NC(=O)C12CC3CC(CC(C3)C1)C2. The number of morpholine rings is 1. The predicted octanol–water partition coefficient (Wildman–Crippen LogP) is 2.77. The summed E-state index contributed by atoms with van der Waals surface area (Å²) in [7, 11) is 0. The predicted molar refractivity (Wildman–Crippen MR) is 128 cm³/mol. The summed E-state index contributed by atoms with van der Waals surface area (Å²) in [5, 5.41) is 6.44. The molecule has 2 atom stereocenters. The van der Waals surface area contributed by atoms with Crippen LogP contribution in [0.4, 0.5) is 0 Å². The Morgan fingerprint density at radius 3 is 2.21 bits per heavy atom. The summed E-state index contributed by atoms with van der Waals surface area (Å²) in [6, 6.07) is 9.52. The van der Waals surface area contributed by atoms with Crippen LogP contribution < -0.4 is 10.6 Å². The van der Waals surface area contributed by atoms with Crippen molar-refractivity contribution in [1.29, 1.82) is 0 Å². The first-order chi connectivity index (χ1) is 16.0. The van der Waals surface area contributed by atoms with Crippen molar-refractivity contribution in [3.05, 3.63) is 35.9 Å². The smallest absolute Gasteiger partial charge is 0.243 e. The number of rotatable bonds is 8. The fourth-order valence-electron chi connectivity index (χ4n) is 7.32. The first-order valence-corrected chi connectivity index (χ1v) is 12.9. The number of amides is 2. The molecule has 180 valence electrons. The molecule has 4 aliphatic carbocycles. The van der Waals surface area contributed by atoms with E-state index >= 15 is 0 Å². The van der Waals surface area contributed by atoms with Gasteiger partial charge in [-0.25, -0.2) is 0 Å². The van der Waals surface area contributed by atoms with Gasteiger partial charge in [0, 0.05) is 37.5 Å². The number of hydrogen-bond donors (Lipinski definition) is 2. The van der Waals surface area contributed by atoms with E-state index in [-0.39, 0.29) is 23.3 Å². The monoisotopic (exact) mass is 453 g/mol. The molecule has 0 aromatic heterocycles. The van der Waals surface area contributed by atoms with Gasteiger partial charge in [-0.1, -0.05) is 30.3 Å². The Balaban J connectivity index is 1.26. The van der Waals surface area contributed by atoms with Crippen molar-refractivity contribution in [2.24, 2.45) is 23.2 Å². The lowest BCUT2D eigenvalue weighted by Crippen LogP contribution is -2.58. The maximum absolute atomic E-state index is 13.7. The van der Waals surface area contributed by atoms with Crippen LogP contribution in [0.3, 0.4) is 0 Å². The fraction of sp³-hybridized carbons (Fsp3) is 0.704. The zero-order valence-corrected chi connectivity index (χ0v) is 19.9. The van der Waals surface area contributed by atoms with E-state index in [4.69, 9.17) is 4.74 Å². The molecular weight excluding hydrogens is 414 g/mol. The van der Waals surface area contributed by atoms with Crippen LogP contribution in [-0.2, 0) is 20.7 Å². The number of ether oxygens (including phenoxy) is 1. The number of nitrogens with zero attached hydrogens (tertiary/aromatic N) is 1. The van der Waals surface area contributed by atoms with Gasteiger partial charge in [-0.2, -0.15) is 0 Å². The third kappa shape index (κ3) is 5.27. The molecule has 5 fully saturated rings. The lowest BCUT2D eigenvalue weighted by molar-refractivity contribution is -0.148. The van der Waals surface area contributed by atoms with Crippen molar-refractivity contribution in [3.8, 4) is 0 Å². The summed E-state index contributed by atoms with van der Waals surface area (Å²) in [5.74, 6) is 2.17. The van der Waals surface area contributed by atoms with E-state index in [0.717, 1.165) is 57.7 Å². The minimum Gasteiger partial charge on any atom is -0.379 e. The lowest BCUT2D eigenvalue weighted by atomic mass is 9.49. The molecule has 5 aliphatic rings. The maximum Gasteiger partial charge on any atom is 0.243 e. The molecule has 6 rings (SSSR count). The van der Waals surface area contributed by atoms with Crippen molar-refractivity contribution >= 4 is 11.8 Å². The fourth-order valence-corrected chi connectivity index (χ4v) is 7.32. The molecule has 4 saturated carbocycles. The Bertz CT molecular complexity index is 801.